The fraction of sp³-hybridized carbons (Fsp3) is 0. The average molecular weight is 526 g/mol. The minimum absolute atomic E-state index is 0.618. The quantitative estimate of drug-likeness (QED) is 0.215. The van der Waals surface area contributed by atoms with Crippen LogP contribution >= 0.6 is 0 Å². The van der Waals surface area contributed by atoms with E-state index in [-0.39, 0.29) is 0 Å². The molecule has 8 aromatic rings. The molecule has 0 aliphatic rings. The van der Waals surface area contributed by atoms with Gasteiger partial charge in [-0.05, 0) is 46.5 Å². The highest BCUT2D eigenvalue weighted by atomic mass is 16.3. The van der Waals surface area contributed by atoms with Gasteiger partial charge in [0, 0.05) is 27.6 Å². The standard InChI is InChI=1S/C37H23N3O/c1-4-10-25(11-5-1)32-23-33(26-12-6-2-7-13-26)39-36(38-32)29-19-17-24-16-18-27-20-21-31-35(34(27)30(24)22-29)41-37(40-31)28-14-8-3-9-15-28/h1-23H. The van der Waals surface area contributed by atoms with Crippen LogP contribution < -0.4 is 0 Å². The molecular weight excluding hydrogens is 502 g/mol. The number of benzene rings is 6. The molecule has 0 saturated heterocycles. The van der Waals surface area contributed by atoms with Crippen LogP contribution in [0.5, 0.6) is 0 Å². The van der Waals surface area contributed by atoms with Crippen molar-refractivity contribution in [2.45, 2.75) is 0 Å². The van der Waals surface area contributed by atoms with Gasteiger partial charge in [0.15, 0.2) is 11.4 Å². The highest BCUT2D eigenvalue weighted by Gasteiger charge is 2.15. The lowest BCUT2D eigenvalue weighted by molar-refractivity contribution is 0.623. The Morgan fingerprint density at radius 3 is 1.66 bits per heavy atom. The molecule has 4 nitrogen and oxygen atoms in total. The van der Waals surface area contributed by atoms with Crippen LogP contribution in [0.25, 0.3) is 78.0 Å². The first-order valence-corrected chi connectivity index (χ1v) is 13.6. The molecule has 0 unspecified atom stereocenters. The van der Waals surface area contributed by atoms with Crippen LogP contribution in [0.2, 0.25) is 0 Å². The van der Waals surface area contributed by atoms with Crippen molar-refractivity contribution in [2.24, 2.45) is 0 Å². The summed E-state index contributed by atoms with van der Waals surface area (Å²) in [5, 5.41) is 4.34. The van der Waals surface area contributed by atoms with Gasteiger partial charge in [0.1, 0.15) is 5.52 Å². The molecular formula is C37H23N3O. The van der Waals surface area contributed by atoms with Crippen molar-refractivity contribution in [2.75, 3.05) is 0 Å². The van der Waals surface area contributed by atoms with E-state index in [0.29, 0.717) is 11.7 Å². The monoisotopic (exact) mass is 525 g/mol. The third-order valence-electron chi connectivity index (χ3n) is 7.50. The van der Waals surface area contributed by atoms with E-state index in [1.165, 1.54) is 0 Å². The Hall–Kier alpha value is -5.61. The summed E-state index contributed by atoms with van der Waals surface area (Å²) in [5.74, 6) is 1.30. The van der Waals surface area contributed by atoms with Gasteiger partial charge in [0.2, 0.25) is 5.89 Å². The third-order valence-corrected chi connectivity index (χ3v) is 7.50. The number of nitrogens with zero attached hydrogens (tertiary/aromatic N) is 3. The maximum atomic E-state index is 6.43. The van der Waals surface area contributed by atoms with Crippen LogP contribution in [0.4, 0.5) is 0 Å². The largest absolute Gasteiger partial charge is 0.435 e. The zero-order chi connectivity index (χ0) is 27.2. The molecule has 0 amide bonds. The first-order chi connectivity index (χ1) is 20.3. The van der Waals surface area contributed by atoms with E-state index in [1.54, 1.807) is 0 Å². The molecule has 0 radical (unpaired) electrons. The molecule has 192 valence electrons. The van der Waals surface area contributed by atoms with Gasteiger partial charge in [0.25, 0.3) is 0 Å². The molecule has 0 aliphatic carbocycles. The number of oxazole rings is 1. The lowest BCUT2D eigenvalue weighted by Crippen LogP contribution is -1.96. The van der Waals surface area contributed by atoms with Crippen molar-refractivity contribution in [3.8, 4) is 45.4 Å². The van der Waals surface area contributed by atoms with Crippen LogP contribution in [0.1, 0.15) is 0 Å². The maximum Gasteiger partial charge on any atom is 0.227 e. The van der Waals surface area contributed by atoms with E-state index in [4.69, 9.17) is 19.4 Å². The molecule has 0 atom stereocenters. The van der Waals surface area contributed by atoms with Crippen molar-refractivity contribution >= 4 is 32.6 Å². The molecule has 0 spiro atoms. The number of hydrogen-bond acceptors (Lipinski definition) is 4. The SMILES string of the molecule is c1ccc(-c2cc(-c3ccccc3)nc(-c3ccc4ccc5ccc6nc(-c7ccccc7)oc6c5c4c3)n2)cc1. The number of rotatable bonds is 4. The van der Waals surface area contributed by atoms with E-state index in [1.807, 2.05) is 72.8 Å². The summed E-state index contributed by atoms with van der Waals surface area (Å²) in [6, 6.07) is 47.5. The van der Waals surface area contributed by atoms with Gasteiger partial charge in [-0.2, -0.15) is 0 Å². The Kier molecular flexibility index (Phi) is 5.42. The third kappa shape index (κ3) is 4.14. The summed E-state index contributed by atoms with van der Waals surface area (Å²) < 4.78 is 6.43. The second-order valence-electron chi connectivity index (χ2n) is 10.1. The average Bonchev–Trinajstić information content (AvgIpc) is 3.50. The Morgan fingerprint density at radius 1 is 0.439 bits per heavy atom. The second-order valence-corrected chi connectivity index (χ2v) is 10.1. The van der Waals surface area contributed by atoms with Crippen molar-refractivity contribution < 1.29 is 4.42 Å². The van der Waals surface area contributed by atoms with E-state index in [0.717, 1.165) is 66.3 Å². The fourth-order valence-corrected chi connectivity index (χ4v) is 5.45. The highest BCUT2D eigenvalue weighted by Crippen LogP contribution is 2.37. The summed E-state index contributed by atoms with van der Waals surface area (Å²) in [4.78, 5) is 14.9. The summed E-state index contributed by atoms with van der Waals surface area (Å²) >= 11 is 0. The predicted octanol–water partition coefficient (Wildman–Crippen LogP) is 9.59. The first kappa shape index (κ1) is 23.3. The summed E-state index contributed by atoms with van der Waals surface area (Å²) in [6.45, 7) is 0. The Balaban J connectivity index is 1.36. The number of hydrogen-bond donors (Lipinski definition) is 0. The molecule has 0 saturated carbocycles. The van der Waals surface area contributed by atoms with Gasteiger partial charge >= 0.3 is 0 Å². The Labute approximate surface area is 236 Å². The van der Waals surface area contributed by atoms with Gasteiger partial charge in [0.05, 0.1) is 11.4 Å². The molecule has 0 N–H and O–H groups in total. The molecule has 6 aromatic carbocycles. The van der Waals surface area contributed by atoms with Crippen molar-refractivity contribution in [3.63, 3.8) is 0 Å². The minimum atomic E-state index is 0.618. The summed E-state index contributed by atoms with van der Waals surface area (Å²) in [6.07, 6.45) is 0. The minimum Gasteiger partial charge on any atom is -0.435 e. The molecule has 2 heterocycles. The highest BCUT2D eigenvalue weighted by molar-refractivity contribution is 6.18. The van der Waals surface area contributed by atoms with Crippen LogP contribution in [0, 0.1) is 0 Å². The van der Waals surface area contributed by atoms with Crippen LogP contribution in [0.15, 0.2) is 144 Å². The van der Waals surface area contributed by atoms with E-state index < -0.39 is 0 Å². The van der Waals surface area contributed by atoms with E-state index in [9.17, 15) is 0 Å². The second kappa shape index (κ2) is 9.54. The molecule has 0 aliphatic heterocycles. The van der Waals surface area contributed by atoms with Crippen molar-refractivity contribution in [1.82, 2.24) is 15.0 Å². The fourth-order valence-electron chi connectivity index (χ4n) is 5.45. The summed E-state index contributed by atoms with van der Waals surface area (Å²) in [5.41, 5.74) is 7.40. The molecule has 8 rings (SSSR count). The molecule has 0 fully saturated rings. The normalized spacial score (nSPS) is 11.4. The van der Waals surface area contributed by atoms with Gasteiger partial charge in [-0.3, -0.25) is 0 Å². The van der Waals surface area contributed by atoms with Gasteiger partial charge in [-0.1, -0.05) is 109 Å². The smallest absolute Gasteiger partial charge is 0.227 e. The van der Waals surface area contributed by atoms with Gasteiger partial charge < -0.3 is 4.42 Å². The molecule has 0 bridgehead atoms. The first-order valence-electron chi connectivity index (χ1n) is 13.6. The Morgan fingerprint density at radius 2 is 1.00 bits per heavy atom. The lowest BCUT2D eigenvalue weighted by Gasteiger charge is -2.11. The van der Waals surface area contributed by atoms with Crippen LogP contribution in [-0.2, 0) is 0 Å². The van der Waals surface area contributed by atoms with Crippen LogP contribution in [-0.4, -0.2) is 15.0 Å². The van der Waals surface area contributed by atoms with Gasteiger partial charge in [-0.25, -0.2) is 15.0 Å². The van der Waals surface area contributed by atoms with Crippen molar-refractivity contribution in [3.05, 3.63) is 140 Å². The maximum absolute atomic E-state index is 6.43. The number of aromatic nitrogens is 3. The number of fused-ring (bicyclic) bond motifs is 5. The lowest BCUT2D eigenvalue weighted by atomic mass is 9.98. The topological polar surface area (TPSA) is 51.8 Å². The zero-order valence-corrected chi connectivity index (χ0v) is 22.0. The summed E-state index contributed by atoms with van der Waals surface area (Å²) in [7, 11) is 0. The van der Waals surface area contributed by atoms with Gasteiger partial charge in [-0.15, -0.1) is 0 Å². The molecule has 2 aromatic heterocycles. The van der Waals surface area contributed by atoms with Crippen LogP contribution in [0.3, 0.4) is 0 Å². The van der Waals surface area contributed by atoms with E-state index >= 15 is 0 Å². The predicted molar refractivity (Wildman–Crippen MR) is 166 cm³/mol. The van der Waals surface area contributed by atoms with Crippen molar-refractivity contribution in [1.29, 1.82) is 0 Å². The molecule has 4 heteroatoms. The molecule has 41 heavy (non-hydrogen) atoms. The zero-order valence-electron chi connectivity index (χ0n) is 22.0. The van der Waals surface area contributed by atoms with E-state index in [2.05, 4.69) is 66.7 Å². The Bertz CT molecular complexity index is 2130.